The Labute approximate surface area is 129 Å². The minimum absolute atomic E-state index is 0.304. The molecule has 3 aromatic rings. The Bertz CT molecular complexity index is 839. The summed E-state index contributed by atoms with van der Waals surface area (Å²) in [5.74, 6) is 1.87. The smallest absolute Gasteiger partial charge is 0.133 e. The third-order valence-electron chi connectivity index (χ3n) is 4.77. The van der Waals surface area contributed by atoms with Gasteiger partial charge in [-0.2, -0.15) is 0 Å². The zero-order valence-corrected chi connectivity index (χ0v) is 12.0. The molecule has 0 bridgehead atoms. The van der Waals surface area contributed by atoms with Gasteiger partial charge in [0.2, 0.25) is 0 Å². The van der Waals surface area contributed by atoms with Gasteiger partial charge in [-0.1, -0.05) is 60.7 Å². The molecule has 0 fully saturated rings. The fraction of sp³-hybridized carbons (Fsp3) is 0.100. The van der Waals surface area contributed by atoms with Crippen molar-refractivity contribution in [1.82, 2.24) is 5.32 Å². The van der Waals surface area contributed by atoms with Gasteiger partial charge in [-0.15, -0.1) is 0 Å². The van der Waals surface area contributed by atoms with Crippen molar-refractivity contribution in [2.75, 3.05) is 0 Å². The van der Waals surface area contributed by atoms with Gasteiger partial charge >= 0.3 is 0 Å². The maximum Gasteiger partial charge on any atom is 0.133 e. The molecule has 0 aromatic heterocycles. The fourth-order valence-electron chi connectivity index (χ4n) is 3.84. The largest absolute Gasteiger partial charge is 0.457 e. The van der Waals surface area contributed by atoms with Crippen LogP contribution in [0.4, 0.5) is 0 Å². The quantitative estimate of drug-likeness (QED) is 0.669. The summed E-state index contributed by atoms with van der Waals surface area (Å²) in [5, 5.41) is 3.77. The summed E-state index contributed by atoms with van der Waals surface area (Å²) in [6, 6.07) is 25.3. The summed E-state index contributed by atoms with van der Waals surface area (Å²) in [5.41, 5.74) is 4.77. The number of para-hydroxylation sites is 2. The van der Waals surface area contributed by atoms with E-state index in [9.17, 15) is 0 Å². The van der Waals surface area contributed by atoms with Gasteiger partial charge in [-0.05, 0) is 23.3 Å². The summed E-state index contributed by atoms with van der Waals surface area (Å²) in [4.78, 5) is 0. The molecule has 0 amide bonds. The molecule has 2 heterocycles. The minimum atomic E-state index is -0.304. The van der Waals surface area contributed by atoms with Crippen molar-refractivity contribution >= 4 is 0 Å². The summed E-state index contributed by atoms with van der Waals surface area (Å²) in [6.07, 6.45) is 0. The molecule has 0 radical (unpaired) electrons. The van der Waals surface area contributed by atoms with E-state index in [-0.39, 0.29) is 5.54 Å². The maximum atomic E-state index is 6.14. The van der Waals surface area contributed by atoms with E-state index in [4.69, 9.17) is 4.74 Å². The highest BCUT2D eigenvalue weighted by Crippen LogP contribution is 2.52. The standard InChI is InChI=1S/C20H15NO/c1-2-8-15-14(7-1)13-21-20(15)16-9-3-5-11-18(16)22-19-12-6-4-10-17(19)20/h1-12,21H,13H2. The molecule has 1 spiro atoms. The Morgan fingerprint density at radius 1 is 0.682 bits per heavy atom. The van der Waals surface area contributed by atoms with Crippen molar-refractivity contribution in [2.24, 2.45) is 0 Å². The number of ether oxygens (including phenoxy) is 1. The van der Waals surface area contributed by atoms with Gasteiger partial charge < -0.3 is 4.74 Å². The number of benzene rings is 3. The fourth-order valence-corrected chi connectivity index (χ4v) is 3.84. The molecule has 0 aliphatic carbocycles. The zero-order chi connectivity index (χ0) is 14.6. The summed E-state index contributed by atoms with van der Waals surface area (Å²) in [7, 11) is 0. The Morgan fingerprint density at radius 2 is 1.23 bits per heavy atom. The first-order valence-electron chi connectivity index (χ1n) is 7.60. The van der Waals surface area contributed by atoms with Gasteiger partial charge in [0.25, 0.3) is 0 Å². The highest BCUT2D eigenvalue weighted by atomic mass is 16.5. The Morgan fingerprint density at radius 3 is 1.91 bits per heavy atom. The van der Waals surface area contributed by atoms with Crippen molar-refractivity contribution in [1.29, 1.82) is 0 Å². The van der Waals surface area contributed by atoms with Crippen LogP contribution >= 0.6 is 0 Å². The topological polar surface area (TPSA) is 21.3 Å². The van der Waals surface area contributed by atoms with Crippen LogP contribution in [0, 0.1) is 0 Å². The lowest BCUT2D eigenvalue weighted by Crippen LogP contribution is -2.41. The van der Waals surface area contributed by atoms with Crippen LogP contribution in [0.15, 0.2) is 72.8 Å². The van der Waals surface area contributed by atoms with E-state index in [1.807, 2.05) is 12.1 Å². The second-order valence-corrected chi connectivity index (χ2v) is 5.86. The van der Waals surface area contributed by atoms with Gasteiger partial charge in [-0.3, -0.25) is 5.32 Å². The van der Waals surface area contributed by atoms with Crippen LogP contribution in [0.2, 0.25) is 0 Å². The highest BCUT2D eigenvalue weighted by Gasteiger charge is 2.47. The predicted octanol–water partition coefficient (Wildman–Crippen LogP) is 4.19. The molecule has 106 valence electrons. The monoisotopic (exact) mass is 285 g/mol. The van der Waals surface area contributed by atoms with E-state index < -0.39 is 0 Å². The number of rotatable bonds is 0. The molecular weight excluding hydrogens is 270 g/mol. The van der Waals surface area contributed by atoms with Gasteiger partial charge in [-0.25, -0.2) is 0 Å². The second kappa shape index (κ2) is 4.21. The normalized spacial score (nSPS) is 16.5. The van der Waals surface area contributed by atoms with E-state index in [1.54, 1.807) is 0 Å². The molecule has 1 N–H and O–H groups in total. The number of fused-ring (bicyclic) bond motifs is 6. The lowest BCUT2D eigenvalue weighted by atomic mass is 9.76. The molecular formula is C20H15NO. The van der Waals surface area contributed by atoms with Crippen molar-refractivity contribution in [3.8, 4) is 11.5 Å². The zero-order valence-electron chi connectivity index (χ0n) is 12.0. The first-order valence-corrected chi connectivity index (χ1v) is 7.60. The molecule has 2 heteroatoms. The first kappa shape index (κ1) is 12.0. The van der Waals surface area contributed by atoms with E-state index in [0.29, 0.717) is 0 Å². The molecule has 0 atom stereocenters. The van der Waals surface area contributed by atoms with Gasteiger partial charge in [0.05, 0.1) is 0 Å². The second-order valence-electron chi connectivity index (χ2n) is 5.86. The number of hydrogen-bond acceptors (Lipinski definition) is 2. The van der Waals surface area contributed by atoms with Crippen LogP contribution in [0.5, 0.6) is 11.5 Å². The molecule has 0 saturated carbocycles. The van der Waals surface area contributed by atoms with Crippen molar-refractivity contribution < 1.29 is 4.74 Å². The summed E-state index contributed by atoms with van der Waals surface area (Å²) >= 11 is 0. The van der Waals surface area contributed by atoms with Gasteiger partial charge in [0.1, 0.15) is 17.0 Å². The molecule has 3 aromatic carbocycles. The van der Waals surface area contributed by atoms with Gasteiger partial charge in [0, 0.05) is 17.7 Å². The predicted molar refractivity (Wildman–Crippen MR) is 86.1 cm³/mol. The van der Waals surface area contributed by atoms with Crippen molar-refractivity contribution in [3.63, 3.8) is 0 Å². The SMILES string of the molecule is c1ccc2c(c1)CNC21c2ccccc2Oc2ccccc21. The molecule has 5 rings (SSSR count). The minimum Gasteiger partial charge on any atom is -0.457 e. The lowest BCUT2D eigenvalue weighted by Gasteiger charge is -2.38. The van der Waals surface area contributed by atoms with E-state index in [2.05, 4.69) is 66.0 Å². The Balaban J connectivity index is 1.91. The van der Waals surface area contributed by atoms with Crippen LogP contribution in [0.25, 0.3) is 0 Å². The van der Waals surface area contributed by atoms with E-state index in [1.165, 1.54) is 22.3 Å². The highest BCUT2D eigenvalue weighted by molar-refractivity contribution is 5.65. The van der Waals surface area contributed by atoms with Crippen molar-refractivity contribution in [2.45, 2.75) is 12.1 Å². The molecule has 2 nitrogen and oxygen atoms in total. The Hall–Kier alpha value is -2.58. The number of nitrogens with one attached hydrogen (secondary N) is 1. The molecule has 0 saturated heterocycles. The first-order chi connectivity index (χ1) is 10.9. The average molecular weight is 285 g/mol. The van der Waals surface area contributed by atoms with Gasteiger partial charge in [0.15, 0.2) is 0 Å². The average Bonchev–Trinajstić information content (AvgIpc) is 2.96. The maximum absolute atomic E-state index is 6.14. The van der Waals surface area contributed by atoms with Crippen LogP contribution in [0.3, 0.4) is 0 Å². The molecule has 2 aliphatic rings. The third kappa shape index (κ3) is 1.38. The third-order valence-corrected chi connectivity index (χ3v) is 4.77. The van der Waals surface area contributed by atoms with Crippen molar-refractivity contribution in [3.05, 3.63) is 95.1 Å². The molecule has 22 heavy (non-hydrogen) atoms. The van der Waals surface area contributed by atoms with E-state index >= 15 is 0 Å². The summed E-state index contributed by atoms with van der Waals surface area (Å²) in [6.45, 7) is 0.874. The van der Waals surface area contributed by atoms with Crippen LogP contribution < -0.4 is 10.1 Å². The van der Waals surface area contributed by atoms with Crippen LogP contribution in [-0.4, -0.2) is 0 Å². The Kier molecular flexibility index (Phi) is 2.30. The van der Waals surface area contributed by atoms with Crippen LogP contribution in [-0.2, 0) is 12.1 Å². The van der Waals surface area contributed by atoms with Crippen LogP contribution in [0.1, 0.15) is 22.3 Å². The lowest BCUT2D eigenvalue weighted by molar-refractivity contribution is 0.394. The van der Waals surface area contributed by atoms with E-state index in [0.717, 1.165) is 18.0 Å². The molecule has 0 unspecified atom stereocenters. The summed E-state index contributed by atoms with van der Waals surface area (Å²) < 4.78 is 6.14. The number of hydrogen-bond donors (Lipinski definition) is 1. The molecule has 2 aliphatic heterocycles.